The van der Waals surface area contributed by atoms with Crippen LogP contribution in [-0.2, 0) is 11.3 Å². The molecule has 1 fully saturated rings. The average molecular weight is 261 g/mol. The second-order valence-electron chi connectivity index (χ2n) is 4.06. The van der Waals surface area contributed by atoms with Crippen LogP contribution in [0.5, 0.6) is 0 Å². The van der Waals surface area contributed by atoms with Gasteiger partial charge in [-0.2, -0.15) is 0 Å². The fourth-order valence-corrected chi connectivity index (χ4v) is 2.52. The Bertz CT molecular complexity index is 331. The molecular weight excluding hydrogens is 245 g/mol. The number of hydrogen-bond acceptors (Lipinski definition) is 1. The Balaban J connectivity index is 1.84. The molecule has 1 saturated heterocycles. The number of quaternary nitrogens is 1. The van der Waals surface area contributed by atoms with Gasteiger partial charge in [0.2, 0.25) is 0 Å². The normalized spacial score (nSPS) is 20.2. The van der Waals surface area contributed by atoms with Gasteiger partial charge in [0.1, 0.15) is 19.2 Å². The van der Waals surface area contributed by atoms with Crippen LogP contribution in [0, 0.1) is 0 Å². The molecule has 0 aromatic heterocycles. The Labute approximate surface area is 106 Å². The first-order valence-electron chi connectivity index (χ1n) is 5.63. The molecule has 0 unspecified atom stereocenters. The van der Waals surface area contributed by atoms with Crippen LogP contribution >= 0.6 is 23.2 Å². The third kappa shape index (κ3) is 3.11. The first-order chi connectivity index (χ1) is 7.77. The highest BCUT2D eigenvalue weighted by molar-refractivity contribution is 6.35. The van der Waals surface area contributed by atoms with Gasteiger partial charge in [0, 0.05) is 12.2 Å². The van der Waals surface area contributed by atoms with Gasteiger partial charge in [-0.15, -0.1) is 0 Å². The van der Waals surface area contributed by atoms with Crippen molar-refractivity contribution in [3.8, 4) is 0 Å². The highest BCUT2D eigenvalue weighted by Gasteiger charge is 2.17. The minimum absolute atomic E-state index is 0.404. The number of ether oxygens (including phenoxy) is 1. The number of nitrogens with two attached hydrogens (primary N) is 1. The maximum atomic E-state index is 6.09. The van der Waals surface area contributed by atoms with E-state index in [0.29, 0.717) is 6.10 Å². The second kappa shape index (κ2) is 5.87. The minimum Gasteiger partial charge on any atom is -0.372 e. The molecule has 2 N–H and O–H groups in total. The Kier molecular flexibility index (Phi) is 4.47. The molecule has 1 aliphatic heterocycles. The summed E-state index contributed by atoms with van der Waals surface area (Å²) in [6.07, 6.45) is 2.76. The molecule has 4 heteroatoms. The molecule has 2 rings (SSSR count). The summed E-state index contributed by atoms with van der Waals surface area (Å²) in [7, 11) is 0. The summed E-state index contributed by atoms with van der Waals surface area (Å²) in [6, 6.07) is 5.62. The molecule has 0 radical (unpaired) electrons. The first kappa shape index (κ1) is 12.2. The lowest BCUT2D eigenvalue weighted by atomic mass is 10.2. The molecular formula is C12H16Cl2NO+. The molecule has 16 heavy (non-hydrogen) atoms. The van der Waals surface area contributed by atoms with Gasteiger partial charge in [0.25, 0.3) is 0 Å². The van der Waals surface area contributed by atoms with Crippen LogP contribution in [-0.4, -0.2) is 19.3 Å². The van der Waals surface area contributed by atoms with E-state index in [1.807, 2.05) is 18.2 Å². The van der Waals surface area contributed by atoms with Gasteiger partial charge in [0.05, 0.1) is 10.0 Å². The zero-order valence-electron chi connectivity index (χ0n) is 9.09. The maximum absolute atomic E-state index is 6.09. The lowest BCUT2D eigenvalue weighted by molar-refractivity contribution is -0.676. The van der Waals surface area contributed by atoms with E-state index < -0.39 is 0 Å². The van der Waals surface area contributed by atoms with Crippen LogP contribution in [0.15, 0.2) is 18.2 Å². The van der Waals surface area contributed by atoms with Crippen molar-refractivity contribution in [2.45, 2.75) is 25.5 Å². The predicted molar refractivity (Wildman–Crippen MR) is 65.9 cm³/mol. The van der Waals surface area contributed by atoms with Crippen molar-refractivity contribution in [1.82, 2.24) is 0 Å². The largest absolute Gasteiger partial charge is 0.372 e. The molecule has 1 atom stereocenters. The van der Waals surface area contributed by atoms with Crippen LogP contribution in [0.4, 0.5) is 0 Å². The third-order valence-electron chi connectivity index (χ3n) is 2.86. The Morgan fingerprint density at radius 1 is 1.31 bits per heavy atom. The molecule has 0 aliphatic carbocycles. The molecule has 0 saturated carbocycles. The Hall–Kier alpha value is -0.280. The summed E-state index contributed by atoms with van der Waals surface area (Å²) in [5, 5.41) is 3.70. The van der Waals surface area contributed by atoms with Crippen LogP contribution in [0.2, 0.25) is 10.0 Å². The van der Waals surface area contributed by atoms with E-state index in [1.165, 1.54) is 12.8 Å². The molecule has 1 aliphatic rings. The molecule has 0 spiro atoms. The number of halogens is 2. The van der Waals surface area contributed by atoms with Gasteiger partial charge in [0.15, 0.2) is 0 Å². The van der Waals surface area contributed by atoms with E-state index in [1.54, 1.807) is 0 Å². The van der Waals surface area contributed by atoms with Crippen molar-refractivity contribution < 1.29 is 10.1 Å². The summed E-state index contributed by atoms with van der Waals surface area (Å²) in [5.41, 5.74) is 1.02. The zero-order chi connectivity index (χ0) is 11.4. The van der Waals surface area contributed by atoms with Gasteiger partial charge in [-0.25, -0.2) is 0 Å². The first-order valence-corrected chi connectivity index (χ1v) is 6.39. The van der Waals surface area contributed by atoms with Crippen molar-refractivity contribution >= 4 is 23.2 Å². The standard InChI is InChI=1S/C12H15Cl2NO/c13-11-4-1-5-12(14)10(11)8-15-7-9-3-2-6-16-9/h1,4-5,9,15H,2-3,6-8H2/p+1/t9-/m0/s1. The quantitative estimate of drug-likeness (QED) is 0.883. The monoisotopic (exact) mass is 260 g/mol. The maximum Gasteiger partial charge on any atom is 0.106 e. The van der Waals surface area contributed by atoms with Gasteiger partial charge < -0.3 is 10.1 Å². The Morgan fingerprint density at radius 3 is 2.69 bits per heavy atom. The summed E-state index contributed by atoms with van der Waals surface area (Å²) >= 11 is 12.2. The van der Waals surface area contributed by atoms with Crippen molar-refractivity contribution in [3.63, 3.8) is 0 Å². The van der Waals surface area contributed by atoms with Crippen molar-refractivity contribution in [3.05, 3.63) is 33.8 Å². The van der Waals surface area contributed by atoms with E-state index in [-0.39, 0.29) is 0 Å². The van der Waals surface area contributed by atoms with Crippen LogP contribution in [0.3, 0.4) is 0 Å². The van der Waals surface area contributed by atoms with E-state index >= 15 is 0 Å². The van der Waals surface area contributed by atoms with E-state index in [0.717, 1.165) is 35.3 Å². The average Bonchev–Trinajstić information content (AvgIpc) is 2.75. The molecule has 0 bridgehead atoms. The molecule has 1 aromatic rings. The van der Waals surface area contributed by atoms with Gasteiger partial charge in [-0.1, -0.05) is 29.3 Å². The fraction of sp³-hybridized carbons (Fsp3) is 0.500. The van der Waals surface area contributed by atoms with Gasteiger partial charge in [-0.3, -0.25) is 0 Å². The van der Waals surface area contributed by atoms with E-state index in [9.17, 15) is 0 Å². The summed E-state index contributed by atoms with van der Waals surface area (Å²) < 4.78 is 5.55. The van der Waals surface area contributed by atoms with Gasteiger partial charge >= 0.3 is 0 Å². The lowest BCUT2D eigenvalue weighted by Crippen LogP contribution is -2.84. The summed E-state index contributed by atoms with van der Waals surface area (Å²) in [5.74, 6) is 0. The van der Waals surface area contributed by atoms with Crippen LogP contribution in [0.1, 0.15) is 18.4 Å². The summed E-state index contributed by atoms with van der Waals surface area (Å²) in [6.45, 7) is 2.71. The highest BCUT2D eigenvalue weighted by atomic mass is 35.5. The van der Waals surface area contributed by atoms with Crippen LogP contribution in [0.25, 0.3) is 0 Å². The number of benzene rings is 1. The van der Waals surface area contributed by atoms with Crippen LogP contribution < -0.4 is 5.32 Å². The summed E-state index contributed by atoms with van der Waals surface area (Å²) in [4.78, 5) is 0. The topological polar surface area (TPSA) is 25.8 Å². The van der Waals surface area contributed by atoms with E-state index in [2.05, 4.69) is 5.32 Å². The molecule has 2 nitrogen and oxygen atoms in total. The smallest absolute Gasteiger partial charge is 0.106 e. The second-order valence-corrected chi connectivity index (χ2v) is 4.88. The molecule has 0 amide bonds. The highest BCUT2D eigenvalue weighted by Crippen LogP contribution is 2.22. The minimum atomic E-state index is 0.404. The van der Waals surface area contributed by atoms with Crippen molar-refractivity contribution in [2.75, 3.05) is 13.2 Å². The molecule has 88 valence electrons. The SMILES string of the molecule is Clc1cccc(Cl)c1C[NH2+]C[C@@H]1CCCO1. The number of hydrogen-bond donors (Lipinski definition) is 1. The zero-order valence-corrected chi connectivity index (χ0v) is 10.6. The lowest BCUT2D eigenvalue weighted by Gasteiger charge is -2.09. The molecule has 1 heterocycles. The van der Waals surface area contributed by atoms with Crippen molar-refractivity contribution in [2.24, 2.45) is 0 Å². The van der Waals surface area contributed by atoms with E-state index in [4.69, 9.17) is 27.9 Å². The third-order valence-corrected chi connectivity index (χ3v) is 3.57. The number of rotatable bonds is 4. The Morgan fingerprint density at radius 2 is 2.06 bits per heavy atom. The fourth-order valence-electron chi connectivity index (χ4n) is 1.97. The molecule has 1 aromatic carbocycles. The predicted octanol–water partition coefficient (Wildman–Crippen LogP) is 2.24. The van der Waals surface area contributed by atoms with Crippen molar-refractivity contribution in [1.29, 1.82) is 0 Å². The van der Waals surface area contributed by atoms with Gasteiger partial charge in [-0.05, 0) is 25.0 Å².